The highest BCUT2D eigenvalue weighted by Crippen LogP contribution is 2.44. The van der Waals surface area contributed by atoms with Gasteiger partial charge in [0.2, 0.25) is 0 Å². The monoisotopic (exact) mass is 551 g/mol. The maximum absolute atomic E-state index is 13.3. The van der Waals surface area contributed by atoms with E-state index in [1.165, 1.54) is 18.2 Å². The zero-order valence-electron chi connectivity index (χ0n) is 21.5. The number of hydrogen-bond donors (Lipinski definition) is 2. The fourth-order valence-electron chi connectivity index (χ4n) is 4.38. The zero-order valence-corrected chi connectivity index (χ0v) is 22.3. The Morgan fingerprint density at radius 2 is 1.92 bits per heavy atom. The number of fused-ring (bicyclic) bond motifs is 1. The molecule has 0 saturated carbocycles. The summed E-state index contributed by atoms with van der Waals surface area (Å²) in [7, 11) is 1.26. The average molecular weight is 552 g/mol. The third-order valence-corrected chi connectivity index (χ3v) is 7.11. The number of methoxy groups -OCH3 is 1. The number of carboxylic acids is 1. The first kappa shape index (κ1) is 27.5. The van der Waals surface area contributed by atoms with Crippen LogP contribution in [0, 0.1) is 6.92 Å². The van der Waals surface area contributed by atoms with Gasteiger partial charge in [0.1, 0.15) is 22.5 Å². The minimum Gasteiger partial charge on any atom is -0.507 e. The van der Waals surface area contributed by atoms with E-state index in [2.05, 4.69) is 9.97 Å². The van der Waals surface area contributed by atoms with Crippen molar-refractivity contribution in [3.05, 3.63) is 75.6 Å². The predicted octanol–water partition coefficient (Wildman–Crippen LogP) is 3.67. The molecule has 39 heavy (non-hydrogen) atoms. The third kappa shape index (κ3) is 5.36. The number of aliphatic hydroxyl groups is 1. The molecule has 2 aliphatic rings. The average Bonchev–Trinajstić information content (AvgIpc) is 3.55. The van der Waals surface area contributed by atoms with Gasteiger partial charge in [0.15, 0.2) is 5.13 Å². The minimum atomic E-state index is -0.983. The predicted molar refractivity (Wildman–Crippen MR) is 141 cm³/mol. The molecule has 11 nitrogen and oxygen atoms in total. The molecular formula is C27H25N3O8S. The van der Waals surface area contributed by atoms with E-state index in [0.29, 0.717) is 23.2 Å². The molecule has 1 aromatic carbocycles. The summed E-state index contributed by atoms with van der Waals surface area (Å²) in [6.07, 6.45) is 3.78. The molecule has 1 saturated heterocycles. The smallest absolute Gasteiger partial charge is 0.350 e. The number of carbonyl (C=O) groups excluding carboxylic acids is 3. The number of aromatic nitrogens is 2. The largest absolute Gasteiger partial charge is 0.507 e. The van der Waals surface area contributed by atoms with Crippen LogP contribution < -0.4 is 9.64 Å². The second kappa shape index (κ2) is 11.0. The van der Waals surface area contributed by atoms with Crippen molar-refractivity contribution in [2.75, 3.05) is 12.0 Å². The number of nitrogens with zero attached hydrogens (tertiary/aromatic N) is 3. The molecule has 2 N–H and O–H groups in total. The summed E-state index contributed by atoms with van der Waals surface area (Å²) in [5.41, 5.74) is 2.11. The Morgan fingerprint density at radius 1 is 1.21 bits per heavy atom. The van der Waals surface area contributed by atoms with Gasteiger partial charge in [-0.05, 0) is 49.2 Å². The first-order chi connectivity index (χ1) is 18.5. The molecule has 2 atom stereocenters. The molecule has 0 bridgehead atoms. The van der Waals surface area contributed by atoms with E-state index in [9.17, 15) is 19.5 Å². The van der Waals surface area contributed by atoms with Crippen molar-refractivity contribution in [1.82, 2.24) is 9.97 Å². The van der Waals surface area contributed by atoms with Gasteiger partial charge in [-0.25, -0.2) is 9.78 Å². The fourth-order valence-corrected chi connectivity index (χ4v) is 5.39. The van der Waals surface area contributed by atoms with Crippen molar-refractivity contribution in [2.45, 2.75) is 39.3 Å². The Kier molecular flexibility index (Phi) is 7.77. The van der Waals surface area contributed by atoms with E-state index in [-0.39, 0.29) is 27.4 Å². The Hall–Kier alpha value is -4.58. The van der Waals surface area contributed by atoms with Crippen molar-refractivity contribution in [2.24, 2.45) is 0 Å². The van der Waals surface area contributed by atoms with E-state index in [4.69, 9.17) is 19.4 Å². The molecule has 0 radical (unpaired) electrons. The number of pyridine rings is 1. The van der Waals surface area contributed by atoms with Crippen molar-refractivity contribution < 1.29 is 38.9 Å². The van der Waals surface area contributed by atoms with Gasteiger partial charge in [-0.15, -0.1) is 0 Å². The summed E-state index contributed by atoms with van der Waals surface area (Å²) in [6.45, 7) is 4.65. The second-order valence-electron chi connectivity index (χ2n) is 8.83. The minimum absolute atomic E-state index is 0.0144. The second-order valence-corrected chi connectivity index (χ2v) is 9.81. The van der Waals surface area contributed by atoms with Crippen LogP contribution in [-0.2, 0) is 25.5 Å². The highest BCUT2D eigenvalue weighted by atomic mass is 32.1. The standard InChI is InChI=1S/C25H21N3O6S.C2H4O2/c1-12-9-16-10-14(6-7-17(16)34-12)20(29)18-19(15-5-4-8-26-11-15)28(23(31)21(18)30)25-27-13(2)22(35-25)24(32)33-3;1-2(3)4/h4-8,10-12,19,29H,9H2,1-3H3;1H3,(H,3,4)/b20-18+;. The number of carboxylic acid groups (broad SMARTS) is 1. The van der Waals surface area contributed by atoms with Crippen LogP contribution in [0.3, 0.4) is 0 Å². The molecule has 0 aliphatic carbocycles. The summed E-state index contributed by atoms with van der Waals surface area (Å²) < 4.78 is 10.5. The highest BCUT2D eigenvalue weighted by Gasteiger charge is 2.48. The Labute approximate surface area is 227 Å². The number of esters is 1. The maximum atomic E-state index is 13.3. The lowest BCUT2D eigenvalue weighted by atomic mass is 9.95. The van der Waals surface area contributed by atoms with Crippen molar-refractivity contribution >= 4 is 45.9 Å². The Balaban J connectivity index is 0.000000826. The zero-order chi connectivity index (χ0) is 28.4. The lowest BCUT2D eigenvalue weighted by Gasteiger charge is -2.22. The molecule has 4 heterocycles. The third-order valence-electron chi connectivity index (χ3n) is 5.98. The number of ether oxygens (including phenoxy) is 2. The number of hydrogen-bond acceptors (Lipinski definition) is 10. The molecule has 0 spiro atoms. The number of Topliss-reactive ketones (excluding diaryl/α,β-unsaturated/α-hetero) is 1. The van der Waals surface area contributed by atoms with Crippen molar-refractivity contribution in [3.8, 4) is 5.75 Å². The van der Waals surface area contributed by atoms with Crippen LogP contribution in [0.15, 0.2) is 48.3 Å². The van der Waals surface area contributed by atoms with Crippen LogP contribution in [0.2, 0.25) is 0 Å². The van der Waals surface area contributed by atoms with Crippen LogP contribution in [-0.4, -0.2) is 57.0 Å². The number of rotatable bonds is 4. The number of aliphatic hydroxyl groups excluding tert-OH is 1. The normalized spacial score (nSPS) is 19.1. The topological polar surface area (TPSA) is 156 Å². The van der Waals surface area contributed by atoms with Crippen LogP contribution in [0.5, 0.6) is 5.75 Å². The Morgan fingerprint density at radius 3 is 2.56 bits per heavy atom. The van der Waals surface area contributed by atoms with Gasteiger partial charge >= 0.3 is 11.9 Å². The number of benzene rings is 1. The van der Waals surface area contributed by atoms with E-state index < -0.39 is 29.7 Å². The van der Waals surface area contributed by atoms with E-state index >= 15 is 0 Å². The van der Waals surface area contributed by atoms with Gasteiger partial charge < -0.3 is 19.7 Å². The molecule has 2 aromatic heterocycles. The number of amides is 1. The quantitative estimate of drug-likeness (QED) is 0.212. The van der Waals surface area contributed by atoms with Gasteiger partial charge in [0, 0.05) is 31.3 Å². The Bertz CT molecular complexity index is 1490. The van der Waals surface area contributed by atoms with Gasteiger partial charge in [0.05, 0.1) is 24.4 Å². The van der Waals surface area contributed by atoms with E-state index in [1.54, 1.807) is 43.5 Å². The summed E-state index contributed by atoms with van der Waals surface area (Å²) in [6, 6.07) is 7.58. The lowest BCUT2D eigenvalue weighted by molar-refractivity contribution is -0.134. The molecular weight excluding hydrogens is 526 g/mol. The number of thiazole rings is 1. The van der Waals surface area contributed by atoms with Gasteiger partial charge in [-0.1, -0.05) is 17.4 Å². The van der Waals surface area contributed by atoms with Crippen molar-refractivity contribution in [3.63, 3.8) is 0 Å². The maximum Gasteiger partial charge on any atom is 0.350 e. The SMILES string of the molecule is CC(=O)O.COC(=O)c1sc(N2C(=O)C(=O)/C(=C(/O)c3ccc4c(c3)CC(C)O4)C2c2cccnc2)nc1C. The van der Waals surface area contributed by atoms with Crippen LogP contribution >= 0.6 is 11.3 Å². The fraction of sp³-hybridized carbons (Fsp3) is 0.259. The summed E-state index contributed by atoms with van der Waals surface area (Å²) in [4.78, 5) is 57.6. The highest BCUT2D eigenvalue weighted by molar-refractivity contribution is 7.17. The molecule has 2 aliphatic heterocycles. The number of anilines is 1. The van der Waals surface area contributed by atoms with Gasteiger partial charge in [-0.3, -0.25) is 24.3 Å². The molecule has 12 heteroatoms. The summed E-state index contributed by atoms with van der Waals surface area (Å²) >= 11 is 0.946. The number of ketones is 1. The molecule has 1 amide bonds. The first-order valence-corrected chi connectivity index (χ1v) is 12.6. The molecule has 3 aromatic rings. The van der Waals surface area contributed by atoms with Gasteiger partial charge in [0.25, 0.3) is 11.8 Å². The summed E-state index contributed by atoms with van der Waals surface area (Å²) in [5.74, 6) is -2.71. The van der Waals surface area contributed by atoms with Gasteiger partial charge in [-0.2, -0.15) is 0 Å². The van der Waals surface area contributed by atoms with Crippen LogP contribution in [0.1, 0.15) is 51.9 Å². The summed E-state index contributed by atoms with van der Waals surface area (Å²) in [5, 5.41) is 18.9. The van der Waals surface area contributed by atoms with Crippen LogP contribution in [0.4, 0.5) is 5.13 Å². The van der Waals surface area contributed by atoms with E-state index in [1.807, 2.05) is 6.92 Å². The van der Waals surface area contributed by atoms with Crippen LogP contribution in [0.25, 0.3) is 5.76 Å². The molecule has 2 unspecified atom stereocenters. The number of aryl methyl sites for hydroxylation is 1. The molecule has 202 valence electrons. The van der Waals surface area contributed by atoms with E-state index in [0.717, 1.165) is 29.6 Å². The lowest BCUT2D eigenvalue weighted by Crippen LogP contribution is -2.29. The molecule has 5 rings (SSSR count). The molecule has 1 fully saturated rings. The number of aliphatic carboxylic acids is 1. The first-order valence-electron chi connectivity index (χ1n) is 11.8. The number of carbonyl (C=O) groups is 4. The van der Waals surface area contributed by atoms with Crippen molar-refractivity contribution in [1.29, 1.82) is 0 Å².